The molecule has 0 unspecified atom stereocenters. The maximum absolute atomic E-state index is 6.02. The van der Waals surface area contributed by atoms with Gasteiger partial charge in [0, 0.05) is 36.1 Å². The number of hydrogen-bond acceptors (Lipinski definition) is 4. The predicted octanol–water partition coefficient (Wildman–Crippen LogP) is 6.58. The number of hydrogen-bond donors (Lipinski definition) is 1. The first-order valence-corrected chi connectivity index (χ1v) is 10.6. The van der Waals surface area contributed by atoms with Gasteiger partial charge in [-0.1, -0.05) is 48.5 Å². The van der Waals surface area contributed by atoms with Crippen molar-refractivity contribution in [2.45, 2.75) is 6.61 Å². The van der Waals surface area contributed by atoms with Crippen molar-refractivity contribution < 1.29 is 4.74 Å². The summed E-state index contributed by atoms with van der Waals surface area (Å²) in [6.45, 7) is 0.430. The van der Waals surface area contributed by atoms with Crippen molar-refractivity contribution >= 4 is 16.6 Å². The molecule has 0 saturated carbocycles. The van der Waals surface area contributed by atoms with Crippen LogP contribution in [0.15, 0.2) is 103 Å². The van der Waals surface area contributed by atoms with Gasteiger partial charge in [0.1, 0.15) is 12.4 Å². The van der Waals surface area contributed by atoms with Gasteiger partial charge in [-0.25, -0.2) is 4.98 Å². The monoisotopic (exact) mass is 417 g/mol. The van der Waals surface area contributed by atoms with E-state index in [1.54, 1.807) is 0 Å². The molecule has 5 aromatic rings. The summed E-state index contributed by atoms with van der Waals surface area (Å²) in [7, 11) is 1.95. The molecule has 32 heavy (non-hydrogen) atoms. The Morgan fingerprint density at radius 2 is 1.56 bits per heavy atom. The van der Waals surface area contributed by atoms with Crippen molar-refractivity contribution in [2.75, 3.05) is 12.4 Å². The molecule has 0 atom stereocenters. The summed E-state index contributed by atoms with van der Waals surface area (Å²) < 4.78 is 6.02. The Morgan fingerprint density at radius 1 is 0.750 bits per heavy atom. The Morgan fingerprint density at radius 3 is 2.38 bits per heavy atom. The van der Waals surface area contributed by atoms with Crippen molar-refractivity contribution in [1.82, 2.24) is 9.97 Å². The summed E-state index contributed by atoms with van der Waals surface area (Å²) in [5.74, 6) is 0.816. The summed E-state index contributed by atoms with van der Waals surface area (Å²) in [5.41, 5.74) is 7.54. The van der Waals surface area contributed by atoms with Crippen LogP contribution in [0.3, 0.4) is 0 Å². The number of anilines is 1. The van der Waals surface area contributed by atoms with Crippen LogP contribution >= 0.6 is 0 Å². The van der Waals surface area contributed by atoms with Gasteiger partial charge in [0.25, 0.3) is 0 Å². The number of benzene rings is 3. The fourth-order valence-electron chi connectivity index (χ4n) is 3.91. The lowest BCUT2D eigenvalue weighted by Gasteiger charge is -2.16. The number of rotatable bonds is 6. The maximum Gasteiger partial charge on any atom is 0.130 e. The van der Waals surface area contributed by atoms with E-state index in [9.17, 15) is 0 Å². The molecule has 2 heterocycles. The average Bonchev–Trinajstić information content (AvgIpc) is 2.87. The minimum Gasteiger partial charge on any atom is -0.487 e. The molecule has 0 aliphatic carbocycles. The normalized spacial score (nSPS) is 10.8. The van der Waals surface area contributed by atoms with Crippen LogP contribution in [0.1, 0.15) is 5.69 Å². The van der Waals surface area contributed by atoms with E-state index in [4.69, 9.17) is 4.74 Å². The second-order valence-corrected chi connectivity index (χ2v) is 7.52. The van der Waals surface area contributed by atoms with Crippen molar-refractivity contribution in [2.24, 2.45) is 0 Å². The van der Waals surface area contributed by atoms with E-state index in [2.05, 4.69) is 57.7 Å². The Balaban J connectivity index is 1.40. The molecule has 0 fully saturated rings. The summed E-state index contributed by atoms with van der Waals surface area (Å²) in [6, 6.07) is 30.8. The maximum atomic E-state index is 6.02. The van der Waals surface area contributed by atoms with Gasteiger partial charge in [-0.3, -0.25) is 4.98 Å². The van der Waals surface area contributed by atoms with Crippen molar-refractivity contribution in [3.8, 4) is 28.0 Å². The molecule has 0 aliphatic heterocycles. The van der Waals surface area contributed by atoms with Gasteiger partial charge in [-0.05, 0) is 59.2 Å². The summed E-state index contributed by atoms with van der Waals surface area (Å²) in [6.07, 6.45) is 3.64. The summed E-state index contributed by atoms with van der Waals surface area (Å²) in [5, 5.41) is 4.46. The van der Waals surface area contributed by atoms with Crippen LogP contribution in [-0.2, 0) is 6.61 Å². The van der Waals surface area contributed by atoms with E-state index < -0.39 is 0 Å². The zero-order valence-corrected chi connectivity index (χ0v) is 17.8. The smallest absolute Gasteiger partial charge is 0.130 e. The number of nitrogens with zero attached hydrogens (tertiary/aromatic N) is 2. The minimum absolute atomic E-state index is 0.430. The van der Waals surface area contributed by atoms with Gasteiger partial charge in [0.2, 0.25) is 0 Å². The lowest BCUT2D eigenvalue weighted by molar-refractivity contribution is 0.302. The molecule has 0 bridgehead atoms. The highest BCUT2D eigenvalue weighted by molar-refractivity contribution is 5.91. The first-order chi connectivity index (χ1) is 15.8. The van der Waals surface area contributed by atoms with Gasteiger partial charge in [0.05, 0.1) is 11.2 Å². The molecule has 0 saturated heterocycles. The van der Waals surface area contributed by atoms with E-state index >= 15 is 0 Å². The highest BCUT2D eigenvalue weighted by Crippen LogP contribution is 2.38. The lowest BCUT2D eigenvalue weighted by Crippen LogP contribution is -1.99. The second kappa shape index (κ2) is 8.90. The zero-order chi connectivity index (χ0) is 21.8. The highest BCUT2D eigenvalue weighted by Gasteiger charge is 2.12. The second-order valence-electron chi connectivity index (χ2n) is 7.52. The number of para-hydroxylation sites is 1. The van der Waals surface area contributed by atoms with Crippen LogP contribution in [0.5, 0.6) is 5.75 Å². The van der Waals surface area contributed by atoms with Crippen molar-refractivity contribution in [3.63, 3.8) is 0 Å². The fourth-order valence-corrected chi connectivity index (χ4v) is 3.91. The van der Waals surface area contributed by atoms with E-state index in [1.165, 1.54) is 0 Å². The summed E-state index contributed by atoms with van der Waals surface area (Å²) in [4.78, 5) is 8.84. The van der Waals surface area contributed by atoms with Crippen molar-refractivity contribution in [3.05, 3.63) is 109 Å². The number of aromatic nitrogens is 2. The average molecular weight is 418 g/mol. The third kappa shape index (κ3) is 4.03. The molecule has 4 heteroatoms. The van der Waals surface area contributed by atoms with Gasteiger partial charge >= 0.3 is 0 Å². The van der Waals surface area contributed by atoms with E-state index in [1.807, 2.05) is 68.0 Å². The number of ether oxygens (including phenoxy) is 1. The molecule has 2 aromatic heterocycles. The Bertz CT molecular complexity index is 1350. The molecule has 0 spiro atoms. The predicted molar refractivity (Wildman–Crippen MR) is 131 cm³/mol. The van der Waals surface area contributed by atoms with Crippen molar-refractivity contribution in [1.29, 1.82) is 0 Å². The fraction of sp³-hybridized carbons (Fsp3) is 0.0714. The topological polar surface area (TPSA) is 47.0 Å². The lowest BCUT2D eigenvalue weighted by atomic mass is 9.93. The first-order valence-electron chi connectivity index (χ1n) is 10.6. The SMILES string of the molecule is CNc1cccc(-c2ccncc2)c1-c1ccc(OCc2ccc3ccccc3n2)cc1. The molecule has 0 amide bonds. The quantitative estimate of drug-likeness (QED) is 0.339. The van der Waals surface area contributed by atoms with Crippen LogP contribution in [0.2, 0.25) is 0 Å². The van der Waals surface area contributed by atoms with Gasteiger partial charge in [0.15, 0.2) is 0 Å². The molecular formula is C28H23N3O. The van der Waals surface area contributed by atoms with Crippen LogP contribution < -0.4 is 10.1 Å². The van der Waals surface area contributed by atoms with Crippen LogP contribution in [0, 0.1) is 0 Å². The van der Waals surface area contributed by atoms with E-state index in [0.717, 1.165) is 50.3 Å². The molecule has 3 aromatic carbocycles. The first kappa shape index (κ1) is 19.8. The van der Waals surface area contributed by atoms with Crippen LogP contribution in [0.4, 0.5) is 5.69 Å². The molecule has 156 valence electrons. The van der Waals surface area contributed by atoms with Gasteiger partial charge in [-0.15, -0.1) is 0 Å². The Labute approximate surface area is 187 Å². The largest absolute Gasteiger partial charge is 0.487 e. The molecule has 1 N–H and O–H groups in total. The number of fused-ring (bicyclic) bond motifs is 1. The van der Waals surface area contributed by atoms with Gasteiger partial charge < -0.3 is 10.1 Å². The standard InChI is InChI=1S/C28H23N3O/c1-29-27-8-4-6-25(20-15-17-30-18-16-20)28(27)22-10-13-24(14-11-22)32-19-23-12-9-21-5-2-3-7-26(21)31-23/h2-18,29H,19H2,1H3. The third-order valence-corrected chi connectivity index (χ3v) is 5.51. The summed E-state index contributed by atoms with van der Waals surface area (Å²) >= 11 is 0. The molecule has 4 nitrogen and oxygen atoms in total. The minimum atomic E-state index is 0.430. The number of nitrogens with one attached hydrogen (secondary N) is 1. The Hall–Kier alpha value is -4.18. The molecule has 0 aliphatic rings. The van der Waals surface area contributed by atoms with E-state index in [0.29, 0.717) is 6.61 Å². The Kier molecular flexibility index (Phi) is 5.50. The molecular weight excluding hydrogens is 394 g/mol. The van der Waals surface area contributed by atoms with Crippen LogP contribution in [0.25, 0.3) is 33.2 Å². The van der Waals surface area contributed by atoms with Gasteiger partial charge in [-0.2, -0.15) is 0 Å². The van der Waals surface area contributed by atoms with E-state index in [-0.39, 0.29) is 0 Å². The molecule has 5 rings (SSSR count). The number of pyridine rings is 2. The third-order valence-electron chi connectivity index (χ3n) is 5.51. The molecule has 0 radical (unpaired) electrons. The highest BCUT2D eigenvalue weighted by atomic mass is 16.5. The van der Waals surface area contributed by atoms with Crippen LogP contribution in [-0.4, -0.2) is 17.0 Å². The zero-order valence-electron chi connectivity index (χ0n) is 17.8.